The summed E-state index contributed by atoms with van der Waals surface area (Å²) in [6.45, 7) is 3.59. The number of halogens is 1. The third kappa shape index (κ3) is 3.16. The van der Waals surface area contributed by atoms with Gasteiger partial charge in [0.1, 0.15) is 11.1 Å². The Bertz CT molecular complexity index is 751. The summed E-state index contributed by atoms with van der Waals surface area (Å²) in [6.07, 6.45) is 0. The Morgan fingerprint density at radius 2 is 2.05 bits per heavy atom. The second-order valence-corrected chi connectivity index (χ2v) is 6.37. The van der Waals surface area contributed by atoms with Gasteiger partial charge in [-0.05, 0) is 44.7 Å². The maximum absolute atomic E-state index is 11.7. The second-order valence-electron chi connectivity index (χ2n) is 5.45. The molecular weight excluding hydrogens is 338 g/mol. The zero-order chi connectivity index (χ0) is 15.8. The van der Waals surface area contributed by atoms with Gasteiger partial charge in [-0.2, -0.15) is 0 Å². The standard InChI is InChI=1S/C15H16BrNO4/c1-15(2,14(19)20)17(3)8-9-6-13(18)21-12-7-10(16)4-5-11(9)12/h4-7H,8H2,1-3H3,(H,19,20). The van der Waals surface area contributed by atoms with Crippen molar-refractivity contribution in [3.8, 4) is 0 Å². The van der Waals surface area contributed by atoms with Crippen molar-refractivity contribution in [2.45, 2.75) is 25.9 Å². The maximum Gasteiger partial charge on any atom is 0.336 e. The largest absolute Gasteiger partial charge is 0.480 e. The number of rotatable bonds is 4. The van der Waals surface area contributed by atoms with Crippen molar-refractivity contribution in [3.63, 3.8) is 0 Å². The summed E-state index contributed by atoms with van der Waals surface area (Å²) >= 11 is 3.33. The molecule has 0 amide bonds. The second kappa shape index (κ2) is 5.61. The highest BCUT2D eigenvalue weighted by atomic mass is 79.9. The topological polar surface area (TPSA) is 70.8 Å². The van der Waals surface area contributed by atoms with Gasteiger partial charge in [-0.1, -0.05) is 15.9 Å². The van der Waals surface area contributed by atoms with Crippen LogP contribution in [0.2, 0.25) is 0 Å². The van der Waals surface area contributed by atoms with Crippen molar-refractivity contribution in [1.29, 1.82) is 0 Å². The summed E-state index contributed by atoms with van der Waals surface area (Å²) in [6, 6.07) is 6.83. The summed E-state index contributed by atoms with van der Waals surface area (Å²) in [4.78, 5) is 24.6. The highest BCUT2D eigenvalue weighted by molar-refractivity contribution is 9.10. The van der Waals surface area contributed by atoms with Crippen LogP contribution in [0.15, 0.2) is 37.9 Å². The normalized spacial score (nSPS) is 12.0. The summed E-state index contributed by atoms with van der Waals surface area (Å²) in [5.74, 6) is -0.917. The van der Waals surface area contributed by atoms with Gasteiger partial charge in [-0.3, -0.25) is 9.69 Å². The molecule has 5 nitrogen and oxygen atoms in total. The average molecular weight is 354 g/mol. The van der Waals surface area contributed by atoms with E-state index in [2.05, 4.69) is 15.9 Å². The Morgan fingerprint density at radius 1 is 1.38 bits per heavy atom. The van der Waals surface area contributed by atoms with Crippen LogP contribution < -0.4 is 5.63 Å². The van der Waals surface area contributed by atoms with Crippen LogP contribution in [0.3, 0.4) is 0 Å². The zero-order valence-electron chi connectivity index (χ0n) is 12.0. The highest BCUT2D eigenvalue weighted by Gasteiger charge is 2.32. The first-order valence-corrected chi connectivity index (χ1v) is 7.18. The molecule has 2 rings (SSSR count). The van der Waals surface area contributed by atoms with Crippen LogP contribution in [-0.2, 0) is 11.3 Å². The molecule has 2 aromatic rings. The molecule has 112 valence electrons. The highest BCUT2D eigenvalue weighted by Crippen LogP contribution is 2.24. The molecule has 0 bridgehead atoms. The molecule has 0 saturated carbocycles. The third-order valence-electron chi connectivity index (χ3n) is 3.68. The molecule has 1 aromatic carbocycles. The monoisotopic (exact) mass is 353 g/mol. The van der Waals surface area contributed by atoms with E-state index in [1.807, 2.05) is 12.1 Å². The van der Waals surface area contributed by atoms with E-state index >= 15 is 0 Å². The van der Waals surface area contributed by atoms with Gasteiger partial charge in [0, 0.05) is 22.5 Å². The summed E-state index contributed by atoms with van der Waals surface area (Å²) in [5, 5.41) is 10.1. The van der Waals surface area contributed by atoms with E-state index in [1.54, 1.807) is 31.9 Å². The van der Waals surface area contributed by atoms with Crippen molar-refractivity contribution in [1.82, 2.24) is 4.90 Å². The lowest BCUT2D eigenvalue weighted by atomic mass is 10.0. The van der Waals surface area contributed by atoms with Gasteiger partial charge in [0.2, 0.25) is 0 Å². The molecule has 0 aliphatic heterocycles. The van der Waals surface area contributed by atoms with Crippen LogP contribution in [0, 0.1) is 0 Å². The molecule has 1 N–H and O–H groups in total. The number of hydrogen-bond donors (Lipinski definition) is 1. The van der Waals surface area contributed by atoms with Gasteiger partial charge in [0.15, 0.2) is 0 Å². The van der Waals surface area contributed by atoms with E-state index in [1.165, 1.54) is 6.07 Å². The van der Waals surface area contributed by atoms with Crippen LogP contribution in [0.4, 0.5) is 0 Å². The van der Waals surface area contributed by atoms with E-state index < -0.39 is 17.1 Å². The number of carbonyl (C=O) groups is 1. The SMILES string of the molecule is CN(Cc1cc(=O)oc2cc(Br)ccc12)C(C)(C)C(=O)O. The van der Waals surface area contributed by atoms with Crippen LogP contribution in [0.5, 0.6) is 0 Å². The van der Waals surface area contributed by atoms with Gasteiger partial charge in [0.25, 0.3) is 0 Å². The minimum absolute atomic E-state index is 0.336. The van der Waals surface area contributed by atoms with E-state index in [0.29, 0.717) is 12.1 Å². The first-order chi connectivity index (χ1) is 9.71. The van der Waals surface area contributed by atoms with E-state index in [4.69, 9.17) is 4.42 Å². The van der Waals surface area contributed by atoms with Gasteiger partial charge >= 0.3 is 11.6 Å². The number of fused-ring (bicyclic) bond motifs is 1. The Morgan fingerprint density at radius 3 is 2.67 bits per heavy atom. The molecule has 6 heteroatoms. The third-order valence-corrected chi connectivity index (χ3v) is 4.17. The molecular formula is C15H16BrNO4. The molecule has 0 unspecified atom stereocenters. The number of benzene rings is 1. The smallest absolute Gasteiger partial charge is 0.336 e. The summed E-state index contributed by atoms with van der Waals surface area (Å²) in [7, 11) is 1.72. The molecule has 0 aliphatic carbocycles. The van der Waals surface area contributed by atoms with Crippen LogP contribution in [-0.4, -0.2) is 28.6 Å². The molecule has 1 aromatic heterocycles. The van der Waals surface area contributed by atoms with E-state index in [-0.39, 0.29) is 0 Å². The number of carboxylic acids is 1. The fourth-order valence-corrected chi connectivity index (χ4v) is 2.29. The number of aliphatic carboxylic acids is 1. The molecule has 0 saturated heterocycles. The zero-order valence-corrected chi connectivity index (χ0v) is 13.6. The van der Waals surface area contributed by atoms with Gasteiger partial charge in [-0.25, -0.2) is 4.79 Å². The molecule has 21 heavy (non-hydrogen) atoms. The van der Waals surface area contributed by atoms with Crippen LogP contribution in [0.25, 0.3) is 11.0 Å². The Balaban J connectivity index is 2.48. The lowest BCUT2D eigenvalue weighted by molar-refractivity contribution is -0.148. The number of carboxylic acid groups (broad SMARTS) is 1. The predicted molar refractivity (Wildman–Crippen MR) is 83.4 cm³/mol. The minimum atomic E-state index is -1.03. The van der Waals surface area contributed by atoms with Crippen molar-refractivity contribution < 1.29 is 14.3 Å². The fourth-order valence-electron chi connectivity index (χ4n) is 1.95. The summed E-state index contributed by atoms with van der Waals surface area (Å²) in [5.41, 5.74) is -0.256. The first kappa shape index (κ1) is 15.7. The molecule has 1 heterocycles. The van der Waals surface area contributed by atoms with Gasteiger partial charge in [0.05, 0.1) is 0 Å². The summed E-state index contributed by atoms with van der Waals surface area (Å²) < 4.78 is 5.99. The maximum atomic E-state index is 11.7. The van der Waals surface area contributed by atoms with Crippen LogP contribution in [0.1, 0.15) is 19.4 Å². The molecule has 0 aliphatic rings. The molecule has 0 radical (unpaired) electrons. The molecule has 0 spiro atoms. The minimum Gasteiger partial charge on any atom is -0.480 e. The fraction of sp³-hybridized carbons (Fsp3) is 0.333. The van der Waals surface area contributed by atoms with E-state index in [9.17, 15) is 14.7 Å². The molecule has 0 atom stereocenters. The van der Waals surface area contributed by atoms with E-state index in [0.717, 1.165) is 15.4 Å². The Hall–Kier alpha value is -1.66. The van der Waals surface area contributed by atoms with Crippen molar-refractivity contribution in [2.24, 2.45) is 0 Å². The van der Waals surface area contributed by atoms with Crippen molar-refractivity contribution in [3.05, 3.63) is 44.7 Å². The van der Waals surface area contributed by atoms with Crippen LogP contribution >= 0.6 is 15.9 Å². The average Bonchev–Trinajstić information content (AvgIpc) is 2.37. The quantitative estimate of drug-likeness (QED) is 0.855. The van der Waals surface area contributed by atoms with Gasteiger partial charge < -0.3 is 9.52 Å². The Kier molecular flexibility index (Phi) is 4.20. The number of likely N-dealkylation sites (N-methyl/N-ethyl adjacent to an activating group) is 1. The molecule has 0 fully saturated rings. The first-order valence-electron chi connectivity index (χ1n) is 6.39. The predicted octanol–water partition coefficient (Wildman–Crippen LogP) is 2.85. The van der Waals surface area contributed by atoms with Crippen molar-refractivity contribution in [2.75, 3.05) is 7.05 Å². The van der Waals surface area contributed by atoms with Gasteiger partial charge in [-0.15, -0.1) is 0 Å². The van der Waals surface area contributed by atoms with Crippen molar-refractivity contribution >= 4 is 32.9 Å². The lowest BCUT2D eigenvalue weighted by Gasteiger charge is -2.31. The number of nitrogens with zero attached hydrogens (tertiary/aromatic N) is 1. The Labute approximate surface area is 130 Å². The number of hydrogen-bond acceptors (Lipinski definition) is 4. The lowest BCUT2D eigenvalue weighted by Crippen LogP contribution is -2.47.